The van der Waals surface area contributed by atoms with Crippen LogP contribution in [0.3, 0.4) is 0 Å². The summed E-state index contributed by atoms with van der Waals surface area (Å²) in [6.45, 7) is 16.1. The third-order valence-electron chi connectivity index (χ3n) is 12.1. The molecule has 5 fully saturated rings. The van der Waals surface area contributed by atoms with E-state index in [2.05, 4.69) is 47.3 Å². The number of hydrogen-bond acceptors (Lipinski definition) is 3. The van der Waals surface area contributed by atoms with E-state index in [0.717, 1.165) is 18.8 Å². The Morgan fingerprint density at radius 1 is 1.24 bits per heavy atom. The maximum absolute atomic E-state index is 12.6. The minimum Gasteiger partial charge on any atom is -0.481 e. The highest BCUT2D eigenvalue weighted by Crippen LogP contribution is 2.88. The van der Waals surface area contributed by atoms with Gasteiger partial charge in [0.1, 0.15) is 6.10 Å². The van der Waals surface area contributed by atoms with Gasteiger partial charge in [-0.2, -0.15) is 0 Å². The molecule has 1 N–H and O–H groups in total. The van der Waals surface area contributed by atoms with Crippen molar-refractivity contribution in [1.29, 1.82) is 0 Å². The first-order valence-corrected chi connectivity index (χ1v) is 13.7. The number of hydrogen-bond donors (Lipinski definition) is 1. The van der Waals surface area contributed by atoms with Crippen molar-refractivity contribution < 1.29 is 19.4 Å². The van der Waals surface area contributed by atoms with E-state index in [0.29, 0.717) is 29.2 Å². The van der Waals surface area contributed by atoms with Gasteiger partial charge in [0.25, 0.3) is 0 Å². The van der Waals surface area contributed by atoms with E-state index in [9.17, 15) is 14.7 Å². The molecule has 188 valence electrons. The van der Waals surface area contributed by atoms with E-state index in [1.807, 2.05) is 0 Å². The first-order chi connectivity index (χ1) is 15.9. The lowest BCUT2D eigenvalue weighted by Gasteiger charge is -2.61. The Balaban J connectivity index is 1.46. The van der Waals surface area contributed by atoms with Gasteiger partial charge in [-0.25, -0.2) is 4.79 Å². The van der Waals surface area contributed by atoms with Crippen LogP contribution >= 0.6 is 0 Å². The molecule has 5 aliphatic rings. The Morgan fingerprint density at radius 2 is 1.97 bits per heavy atom. The number of rotatable bonds is 7. The fourth-order valence-electron chi connectivity index (χ4n) is 10.3. The Hall–Kier alpha value is -1.58. The second kappa shape index (κ2) is 7.71. The molecule has 4 heteroatoms. The van der Waals surface area contributed by atoms with Crippen molar-refractivity contribution in [3.8, 4) is 0 Å². The lowest BCUT2D eigenvalue weighted by Crippen LogP contribution is -2.56. The zero-order valence-electron chi connectivity index (χ0n) is 21.9. The molecule has 4 aliphatic carbocycles. The van der Waals surface area contributed by atoms with Crippen molar-refractivity contribution in [2.24, 2.45) is 45.3 Å². The summed E-state index contributed by atoms with van der Waals surface area (Å²) in [6.07, 6.45) is 12.5. The number of aliphatic carboxylic acids is 1. The van der Waals surface area contributed by atoms with Gasteiger partial charge in [0.2, 0.25) is 0 Å². The van der Waals surface area contributed by atoms with Crippen molar-refractivity contribution in [3.63, 3.8) is 0 Å². The quantitative estimate of drug-likeness (QED) is 0.250. The number of ether oxygens (including phenoxy) is 1. The molecular formula is C30H44O4. The fraction of sp³-hybridized carbons (Fsp3) is 0.800. The van der Waals surface area contributed by atoms with Gasteiger partial charge in [0.15, 0.2) is 0 Å². The highest BCUT2D eigenvalue weighted by Gasteiger charge is 2.83. The van der Waals surface area contributed by atoms with Crippen molar-refractivity contribution in [2.75, 3.05) is 0 Å². The molecule has 0 amide bonds. The summed E-state index contributed by atoms with van der Waals surface area (Å²) in [4.78, 5) is 24.2. The lowest BCUT2D eigenvalue weighted by atomic mass is 9.43. The van der Waals surface area contributed by atoms with Gasteiger partial charge in [-0.1, -0.05) is 39.0 Å². The Labute approximate surface area is 205 Å². The van der Waals surface area contributed by atoms with Crippen LogP contribution in [0.2, 0.25) is 0 Å². The van der Waals surface area contributed by atoms with Crippen LogP contribution in [0.4, 0.5) is 0 Å². The maximum atomic E-state index is 12.6. The van der Waals surface area contributed by atoms with E-state index < -0.39 is 5.97 Å². The average Bonchev–Trinajstić information content (AvgIpc) is 3.21. The van der Waals surface area contributed by atoms with Gasteiger partial charge in [-0.05, 0) is 111 Å². The number of carbonyl (C=O) groups excluding carboxylic acids is 1. The number of fused-ring (bicyclic) bond motifs is 4. The number of carbonyl (C=O) groups is 2. The van der Waals surface area contributed by atoms with Crippen molar-refractivity contribution in [1.82, 2.24) is 0 Å². The molecule has 0 unspecified atom stereocenters. The van der Waals surface area contributed by atoms with E-state index >= 15 is 0 Å². The minimum absolute atomic E-state index is 0.0174. The summed E-state index contributed by atoms with van der Waals surface area (Å²) in [5.41, 5.74) is 2.58. The van der Waals surface area contributed by atoms with Crippen molar-refractivity contribution >= 4 is 11.9 Å². The molecule has 34 heavy (non-hydrogen) atoms. The average molecular weight is 469 g/mol. The molecule has 0 radical (unpaired) electrons. The van der Waals surface area contributed by atoms with Crippen molar-refractivity contribution in [2.45, 2.75) is 105 Å². The zero-order valence-corrected chi connectivity index (χ0v) is 21.9. The van der Waals surface area contributed by atoms with Crippen LogP contribution in [0.5, 0.6) is 0 Å². The molecule has 0 aromatic carbocycles. The summed E-state index contributed by atoms with van der Waals surface area (Å²) < 4.78 is 5.94. The molecular weight excluding hydrogens is 424 g/mol. The maximum Gasteiger partial charge on any atom is 0.334 e. The third-order valence-corrected chi connectivity index (χ3v) is 12.1. The smallest absolute Gasteiger partial charge is 0.334 e. The van der Waals surface area contributed by atoms with Gasteiger partial charge >= 0.3 is 11.9 Å². The predicted molar refractivity (Wildman–Crippen MR) is 133 cm³/mol. The predicted octanol–water partition coefficient (Wildman–Crippen LogP) is 6.94. The van der Waals surface area contributed by atoms with Gasteiger partial charge < -0.3 is 9.84 Å². The number of esters is 1. The van der Waals surface area contributed by atoms with Crippen LogP contribution in [0.15, 0.2) is 23.8 Å². The Bertz CT molecular complexity index is 945. The second-order valence-electron chi connectivity index (χ2n) is 13.4. The second-order valence-corrected chi connectivity index (χ2v) is 13.4. The Kier molecular flexibility index (Phi) is 5.47. The number of carboxylic acid groups (broad SMARTS) is 1. The largest absolute Gasteiger partial charge is 0.481 e. The van der Waals surface area contributed by atoms with E-state index in [-0.39, 0.29) is 40.7 Å². The molecule has 0 aromatic heterocycles. The van der Waals surface area contributed by atoms with Crippen LogP contribution < -0.4 is 0 Å². The summed E-state index contributed by atoms with van der Waals surface area (Å²) in [6, 6.07) is 0. The Morgan fingerprint density at radius 3 is 2.65 bits per heavy atom. The number of allylic oxidation sites excluding steroid dienone is 2. The fourth-order valence-corrected chi connectivity index (χ4v) is 10.3. The monoisotopic (exact) mass is 468 g/mol. The van der Waals surface area contributed by atoms with Gasteiger partial charge in [-0.15, -0.1) is 0 Å². The third kappa shape index (κ3) is 3.02. The highest BCUT2D eigenvalue weighted by atomic mass is 16.6. The van der Waals surface area contributed by atoms with Crippen LogP contribution in [-0.2, 0) is 14.3 Å². The summed E-state index contributed by atoms with van der Waals surface area (Å²) in [7, 11) is 0. The topological polar surface area (TPSA) is 63.6 Å². The zero-order chi connectivity index (χ0) is 24.7. The SMILES string of the molecule is C=C1C(=O)O[C@@H]2C[C@@H]3[C@]4(CC[C@]5(C)[C@@H]([C@H](C)CCC=C(C)C)CC[C@@]35C)C[C@]4(CCC(=O)O)[C@H]12. The molecule has 4 nitrogen and oxygen atoms in total. The molecule has 5 rings (SSSR count). The molecule has 1 aliphatic heterocycles. The molecule has 9 atom stereocenters. The van der Waals surface area contributed by atoms with Gasteiger partial charge in [-0.3, -0.25) is 4.79 Å². The van der Waals surface area contributed by atoms with Gasteiger partial charge in [0, 0.05) is 17.9 Å². The standard InChI is InChI=1S/C30H44O4/c1-18(2)8-7-9-19(3)21-10-12-28(6)23-16-22-25(20(4)26(33)34-22)30(13-11-24(31)32)17-29(23,30)15-14-27(21,28)5/h8,19,21-23,25H,4,7,9-17H2,1-3,5-6H3,(H,31,32)/t19-,21-,22-,23+,25-,27-,28+,29+,30-/m1/s1. The first kappa shape index (κ1) is 24.1. The molecule has 4 saturated carbocycles. The minimum atomic E-state index is -0.732. The summed E-state index contributed by atoms with van der Waals surface area (Å²) in [5, 5.41) is 9.55. The molecule has 0 aromatic rings. The van der Waals surface area contributed by atoms with Crippen molar-refractivity contribution in [3.05, 3.63) is 23.8 Å². The lowest BCUT2D eigenvalue weighted by molar-refractivity contribution is -0.158. The first-order valence-electron chi connectivity index (χ1n) is 13.7. The normalized spacial score (nSPS) is 47.1. The molecule has 0 bridgehead atoms. The summed E-state index contributed by atoms with van der Waals surface area (Å²) in [5.74, 6) is 0.977. The van der Waals surface area contributed by atoms with Crippen LogP contribution in [0.1, 0.15) is 98.8 Å². The molecule has 1 saturated heterocycles. The van der Waals surface area contributed by atoms with Gasteiger partial charge in [0.05, 0.1) is 0 Å². The van der Waals surface area contributed by atoms with Crippen LogP contribution in [-0.4, -0.2) is 23.1 Å². The highest BCUT2D eigenvalue weighted by molar-refractivity contribution is 5.91. The molecule has 1 heterocycles. The van der Waals surface area contributed by atoms with Crippen LogP contribution in [0, 0.1) is 45.3 Å². The van der Waals surface area contributed by atoms with E-state index in [1.165, 1.54) is 44.1 Å². The molecule has 1 spiro atoms. The van der Waals surface area contributed by atoms with E-state index in [4.69, 9.17) is 4.74 Å². The number of carboxylic acids is 1. The van der Waals surface area contributed by atoms with Crippen LogP contribution in [0.25, 0.3) is 0 Å². The summed E-state index contributed by atoms with van der Waals surface area (Å²) >= 11 is 0. The van der Waals surface area contributed by atoms with E-state index in [1.54, 1.807) is 0 Å².